The smallest absolute Gasteiger partial charge is 0.256 e. The standard InChI is InChI=1S/C20H21F2N3O3/c21-14-2-4-18(16(12-14)19(23)26)28-10-5-13-1-3-17(22)15(11-13)20(27)25-8-6-24-7-9-25/h1-4,11-12,24H,5-10H2,(H2,23,26). The molecule has 8 heteroatoms. The number of amides is 2. The van der Waals surface area contributed by atoms with Gasteiger partial charge in [-0.1, -0.05) is 6.07 Å². The normalized spacial score (nSPS) is 14.0. The van der Waals surface area contributed by atoms with E-state index in [1.54, 1.807) is 11.0 Å². The van der Waals surface area contributed by atoms with Crippen LogP contribution in [0.15, 0.2) is 36.4 Å². The summed E-state index contributed by atoms with van der Waals surface area (Å²) < 4.78 is 33.0. The van der Waals surface area contributed by atoms with Crippen LogP contribution >= 0.6 is 0 Å². The molecule has 6 nitrogen and oxygen atoms in total. The van der Waals surface area contributed by atoms with Gasteiger partial charge in [-0.2, -0.15) is 0 Å². The number of benzene rings is 2. The molecule has 2 aromatic rings. The summed E-state index contributed by atoms with van der Waals surface area (Å²) in [5, 5.41) is 3.15. The van der Waals surface area contributed by atoms with Crippen LogP contribution in [0.1, 0.15) is 26.3 Å². The lowest BCUT2D eigenvalue weighted by Crippen LogP contribution is -2.46. The fourth-order valence-electron chi connectivity index (χ4n) is 3.03. The Morgan fingerprint density at radius 1 is 1.07 bits per heavy atom. The Morgan fingerprint density at radius 3 is 2.54 bits per heavy atom. The average Bonchev–Trinajstić information content (AvgIpc) is 2.70. The Balaban J connectivity index is 1.67. The van der Waals surface area contributed by atoms with Gasteiger partial charge in [0.15, 0.2) is 0 Å². The number of ether oxygens (including phenoxy) is 1. The van der Waals surface area contributed by atoms with Crippen molar-refractivity contribution in [1.82, 2.24) is 10.2 Å². The molecule has 0 spiro atoms. The topological polar surface area (TPSA) is 84.7 Å². The summed E-state index contributed by atoms with van der Waals surface area (Å²) in [5.41, 5.74) is 5.92. The number of nitrogens with one attached hydrogen (secondary N) is 1. The van der Waals surface area contributed by atoms with E-state index in [4.69, 9.17) is 10.5 Å². The van der Waals surface area contributed by atoms with Crippen LogP contribution in [0.5, 0.6) is 5.75 Å². The van der Waals surface area contributed by atoms with Crippen LogP contribution in [0, 0.1) is 11.6 Å². The maximum absolute atomic E-state index is 14.2. The predicted molar refractivity (Wildman–Crippen MR) is 99.3 cm³/mol. The third kappa shape index (κ3) is 4.64. The molecule has 0 unspecified atom stereocenters. The first-order valence-corrected chi connectivity index (χ1v) is 8.96. The van der Waals surface area contributed by atoms with Crippen LogP contribution in [-0.4, -0.2) is 49.5 Å². The molecule has 0 bridgehead atoms. The molecular weight excluding hydrogens is 368 g/mol. The molecule has 1 saturated heterocycles. The molecule has 2 amide bonds. The van der Waals surface area contributed by atoms with E-state index < -0.39 is 17.5 Å². The van der Waals surface area contributed by atoms with Gasteiger partial charge in [0.25, 0.3) is 11.8 Å². The molecule has 0 saturated carbocycles. The summed E-state index contributed by atoms with van der Waals surface area (Å²) in [4.78, 5) is 25.6. The maximum Gasteiger partial charge on any atom is 0.256 e. The lowest BCUT2D eigenvalue weighted by atomic mass is 10.1. The highest BCUT2D eigenvalue weighted by Crippen LogP contribution is 2.20. The maximum atomic E-state index is 14.2. The molecule has 2 aromatic carbocycles. The molecule has 0 aliphatic carbocycles. The van der Waals surface area contributed by atoms with Gasteiger partial charge in [0.1, 0.15) is 17.4 Å². The number of piperazine rings is 1. The van der Waals surface area contributed by atoms with Gasteiger partial charge in [-0.15, -0.1) is 0 Å². The lowest BCUT2D eigenvalue weighted by Gasteiger charge is -2.27. The summed E-state index contributed by atoms with van der Waals surface area (Å²) in [6.45, 7) is 2.58. The molecule has 1 aliphatic heterocycles. The number of nitrogens with zero attached hydrogens (tertiary/aromatic N) is 1. The van der Waals surface area contributed by atoms with E-state index in [1.807, 2.05) is 0 Å². The fourth-order valence-corrected chi connectivity index (χ4v) is 3.03. The van der Waals surface area contributed by atoms with Gasteiger partial charge >= 0.3 is 0 Å². The summed E-state index contributed by atoms with van der Waals surface area (Å²) in [6, 6.07) is 7.87. The zero-order valence-corrected chi connectivity index (χ0v) is 15.2. The summed E-state index contributed by atoms with van der Waals surface area (Å²) >= 11 is 0. The number of rotatable bonds is 6. The van der Waals surface area contributed by atoms with E-state index in [-0.39, 0.29) is 29.4 Å². The van der Waals surface area contributed by atoms with Crippen LogP contribution in [0.2, 0.25) is 0 Å². The van der Waals surface area contributed by atoms with E-state index in [9.17, 15) is 18.4 Å². The largest absolute Gasteiger partial charge is 0.492 e. The predicted octanol–water partition coefficient (Wildman–Crippen LogP) is 1.73. The molecule has 3 N–H and O–H groups in total. The first kappa shape index (κ1) is 19.8. The Kier molecular flexibility index (Phi) is 6.20. The highest BCUT2D eigenvalue weighted by molar-refractivity contribution is 5.95. The van der Waals surface area contributed by atoms with Crippen LogP contribution < -0.4 is 15.8 Å². The second-order valence-electron chi connectivity index (χ2n) is 6.46. The van der Waals surface area contributed by atoms with E-state index in [0.717, 1.165) is 6.07 Å². The molecule has 0 radical (unpaired) electrons. The number of nitrogens with two attached hydrogens (primary N) is 1. The molecular formula is C20H21F2N3O3. The molecule has 1 aliphatic rings. The SMILES string of the molecule is NC(=O)c1cc(F)ccc1OCCc1ccc(F)c(C(=O)N2CCNCC2)c1. The summed E-state index contributed by atoms with van der Waals surface area (Å²) in [5.74, 6) is -2.11. The van der Waals surface area contributed by atoms with Crippen molar-refractivity contribution in [2.45, 2.75) is 6.42 Å². The zero-order valence-electron chi connectivity index (χ0n) is 15.2. The Labute approximate surface area is 161 Å². The zero-order chi connectivity index (χ0) is 20.1. The number of halogens is 2. The van der Waals surface area contributed by atoms with Gasteiger partial charge in [0.2, 0.25) is 0 Å². The molecule has 3 rings (SSSR count). The minimum absolute atomic E-state index is 0.0269. The van der Waals surface area contributed by atoms with E-state index in [1.165, 1.54) is 24.3 Å². The average molecular weight is 389 g/mol. The quantitative estimate of drug-likeness (QED) is 0.788. The molecule has 1 heterocycles. The van der Waals surface area contributed by atoms with Crippen molar-refractivity contribution in [3.63, 3.8) is 0 Å². The van der Waals surface area contributed by atoms with Gasteiger partial charge in [0, 0.05) is 32.6 Å². The summed E-state index contributed by atoms with van der Waals surface area (Å²) in [7, 11) is 0. The fraction of sp³-hybridized carbons (Fsp3) is 0.300. The van der Waals surface area contributed by atoms with Crippen molar-refractivity contribution in [2.24, 2.45) is 5.73 Å². The molecule has 0 atom stereocenters. The second-order valence-corrected chi connectivity index (χ2v) is 6.46. The van der Waals surface area contributed by atoms with Gasteiger partial charge in [0.05, 0.1) is 17.7 Å². The van der Waals surface area contributed by atoms with Crippen LogP contribution in [0.4, 0.5) is 8.78 Å². The Hall–Kier alpha value is -3.00. The van der Waals surface area contributed by atoms with Gasteiger partial charge < -0.3 is 20.7 Å². The van der Waals surface area contributed by atoms with Crippen molar-refractivity contribution in [2.75, 3.05) is 32.8 Å². The lowest BCUT2D eigenvalue weighted by molar-refractivity contribution is 0.0730. The number of hydrogen-bond acceptors (Lipinski definition) is 4. The van der Waals surface area contributed by atoms with Crippen molar-refractivity contribution in [3.8, 4) is 5.75 Å². The van der Waals surface area contributed by atoms with Gasteiger partial charge in [-0.25, -0.2) is 8.78 Å². The molecule has 0 aromatic heterocycles. The number of carbonyl (C=O) groups excluding carboxylic acids is 2. The number of primary amides is 1. The van der Waals surface area contributed by atoms with Crippen molar-refractivity contribution < 1.29 is 23.1 Å². The third-order valence-electron chi connectivity index (χ3n) is 4.52. The van der Waals surface area contributed by atoms with Crippen LogP contribution in [-0.2, 0) is 6.42 Å². The first-order valence-electron chi connectivity index (χ1n) is 8.96. The van der Waals surface area contributed by atoms with Crippen molar-refractivity contribution >= 4 is 11.8 Å². The van der Waals surface area contributed by atoms with Crippen LogP contribution in [0.3, 0.4) is 0 Å². The van der Waals surface area contributed by atoms with Crippen molar-refractivity contribution in [1.29, 1.82) is 0 Å². The first-order chi connectivity index (χ1) is 13.5. The highest BCUT2D eigenvalue weighted by Gasteiger charge is 2.21. The Morgan fingerprint density at radius 2 is 1.82 bits per heavy atom. The van der Waals surface area contributed by atoms with Gasteiger partial charge in [-0.05, 0) is 35.9 Å². The molecule has 28 heavy (non-hydrogen) atoms. The summed E-state index contributed by atoms with van der Waals surface area (Å²) in [6.07, 6.45) is 0.373. The minimum Gasteiger partial charge on any atom is -0.492 e. The number of hydrogen-bond donors (Lipinski definition) is 2. The van der Waals surface area contributed by atoms with E-state index in [2.05, 4.69) is 5.32 Å². The van der Waals surface area contributed by atoms with E-state index in [0.29, 0.717) is 38.2 Å². The molecule has 148 valence electrons. The monoisotopic (exact) mass is 389 g/mol. The van der Waals surface area contributed by atoms with E-state index >= 15 is 0 Å². The third-order valence-corrected chi connectivity index (χ3v) is 4.52. The Bertz CT molecular complexity index is 883. The van der Waals surface area contributed by atoms with Crippen molar-refractivity contribution in [3.05, 3.63) is 64.7 Å². The molecule has 1 fully saturated rings. The number of carbonyl (C=O) groups is 2. The van der Waals surface area contributed by atoms with Crippen LogP contribution in [0.25, 0.3) is 0 Å². The second kappa shape index (κ2) is 8.79. The highest BCUT2D eigenvalue weighted by atomic mass is 19.1. The van der Waals surface area contributed by atoms with Gasteiger partial charge in [-0.3, -0.25) is 9.59 Å². The minimum atomic E-state index is -0.791.